The van der Waals surface area contributed by atoms with Crippen molar-refractivity contribution in [1.82, 2.24) is 0 Å². The Morgan fingerprint density at radius 1 is 0.543 bits per heavy atom. The summed E-state index contributed by atoms with van der Waals surface area (Å²) in [5, 5.41) is 1.98. The van der Waals surface area contributed by atoms with Crippen LogP contribution in [0.25, 0.3) is 0 Å². The van der Waals surface area contributed by atoms with Crippen LogP contribution in [0.4, 0.5) is 17.1 Å². The smallest absolute Gasteiger partial charge is 0.494 e. The van der Waals surface area contributed by atoms with E-state index in [1.165, 1.54) is 21.3 Å². The van der Waals surface area contributed by atoms with Crippen LogP contribution in [-0.2, 0) is 18.4 Å². The lowest BCUT2D eigenvalue weighted by Crippen LogP contribution is -2.38. The van der Waals surface area contributed by atoms with E-state index in [1.807, 2.05) is 0 Å². The molecule has 0 amide bonds. The quantitative estimate of drug-likeness (QED) is 0.187. The van der Waals surface area contributed by atoms with Gasteiger partial charge in [-0.2, -0.15) is 15.5 Å². The Balaban J connectivity index is 1.94. The molecule has 0 atom stereocenters. The second kappa shape index (κ2) is 11.7. The van der Waals surface area contributed by atoms with E-state index >= 15 is 0 Å². The van der Waals surface area contributed by atoms with Crippen LogP contribution in [-0.4, -0.2) is 21.3 Å². The van der Waals surface area contributed by atoms with Crippen LogP contribution in [0.5, 0.6) is 17.2 Å². The Bertz CT molecular complexity index is 1030. The largest absolute Gasteiger partial charge is 0.543 e. The summed E-state index contributed by atoms with van der Waals surface area (Å²) in [7, 11) is -0.430. The fourth-order valence-corrected chi connectivity index (χ4v) is 3.94. The Morgan fingerprint density at radius 2 is 0.800 bits per heavy atom. The summed E-state index contributed by atoms with van der Waals surface area (Å²) in [5.74, 6) is 19.1. The van der Waals surface area contributed by atoms with Crippen molar-refractivity contribution in [2.75, 3.05) is 36.8 Å². The second-order valence-electron chi connectivity index (χ2n) is 6.69. The van der Waals surface area contributed by atoms with Crippen molar-refractivity contribution in [2.24, 2.45) is 17.5 Å². The first kappa shape index (κ1) is 26.1. The van der Waals surface area contributed by atoms with Gasteiger partial charge in [0.2, 0.25) is 0 Å². The normalized spacial score (nSPS) is 11.0. The van der Waals surface area contributed by atoms with Gasteiger partial charge in [0.1, 0.15) is 34.3 Å². The summed E-state index contributed by atoms with van der Waals surface area (Å²) in [6, 6.07) is 19.7. The van der Waals surface area contributed by atoms with Crippen molar-refractivity contribution in [1.29, 1.82) is 0 Å². The number of hydrogen-bond donors (Lipinski definition) is 3. The van der Waals surface area contributed by atoms with Gasteiger partial charge in [-0.25, -0.2) is 22.1 Å². The van der Waals surface area contributed by atoms with Gasteiger partial charge in [0.05, 0.1) is 21.3 Å². The van der Waals surface area contributed by atoms with E-state index in [0.29, 0.717) is 32.8 Å². The van der Waals surface area contributed by atoms with Crippen molar-refractivity contribution < 1.29 is 32.6 Å². The van der Waals surface area contributed by atoms with Crippen LogP contribution in [0.15, 0.2) is 72.8 Å². The van der Waals surface area contributed by atoms with Gasteiger partial charge in [-0.1, -0.05) is 36.4 Å². The number of benzene rings is 3. The summed E-state index contributed by atoms with van der Waals surface area (Å²) in [5.41, 5.74) is 0.637. The van der Waals surface area contributed by atoms with Gasteiger partial charge < -0.3 is 14.2 Å². The monoisotopic (exact) mass is 506 g/mol. The molecule has 0 fully saturated rings. The van der Waals surface area contributed by atoms with Gasteiger partial charge >= 0.3 is 7.82 Å². The molecule has 3 aromatic carbocycles. The molecule has 0 saturated heterocycles. The molecule has 0 spiro atoms. The summed E-state index contributed by atoms with van der Waals surface area (Å²) < 4.78 is 45.9. The van der Waals surface area contributed by atoms with Crippen molar-refractivity contribution in [2.45, 2.75) is 0 Å². The topological polar surface area (TPSA) is 160 Å². The maximum absolute atomic E-state index is 13.8. The lowest BCUT2D eigenvalue weighted by Gasteiger charge is -2.30. The number of nitrogens with zero attached hydrogens (tertiary/aromatic N) is 3. The standard InChI is InChI=1S/C21H27N6O7P/c1-29-19-13-7-4-10-16(19)25(22)32-35(28,33-26(23)17-11-5-8-14-20(17)30-2)34-27(24)18-12-6-9-15-21(18)31-3/h4-15H,22-24H2,1-3H3. The number of rotatable bonds is 12. The molecule has 0 saturated carbocycles. The van der Waals surface area contributed by atoms with E-state index in [9.17, 15) is 4.57 Å². The third-order valence-electron chi connectivity index (χ3n) is 4.53. The molecule has 0 heterocycles. The molecule has 14 heteroatoms. The van der Waals surface area contributed by atoms with Gasteiger partial charge in [-0.3, -0.25) is 0 Å². The number of ether oxygens (including phenoxy) is 3. The van der Waals surface area contributed by atoms with E-state index in [1.54, 1.807) is 72.8 Å². The number of anilines is 3. The van der Waals surface area contributed by atoms with Gasteiger partial charge in [-0.05, 0) is 36.4 Å². The number of hydrogen-bond acceptors (Lipinski definition) is 13. The molecule has 0 aromatic heterocycles. The molecule has 0 aliphatic rings. The molecule has 0 radical (unpaired) electrons. The van der Waals surface area contributed by atoms with E-state index in [4.69, 9.17) is 45.6 Å². The van der Waals surface area contributed by atoms with Crippen LogP contribution in [0, 0.1) is 0 Å². The molecule has 0 bridgehead atoms. The van der Waals surface area contributed by atoms with E-state index in [2.05, 4.69) is 0 Å². The molecule has 3 aromatic rings. The predicted octanol–water partition coefficient (Wildman–Crippen LogP) is 3.06. The number of hydrazine groups is 3. The first-order chi connectivity index (χ1) is 16.8. The fourth-order valence-electron chi connectivity index (χ4n) is 2.94. The van der Waals surface area contributed by atoms with Crippen molar-refractivity contribution in [3.63, 3.8) is 0 Å². The molecule has 188 valence electrons. The van der Waals surface area contributed by atoms with Crippen LogP contribution in [0.2, 0.25) is 0 Å². The molecular weight excluding hydrogens is 479 g/mol. The fraction of sp³-hybridized carbons (Fsp3) is 0.143. The zero-order chi connectivity index (χ0) is 25.4. The van der Waals surface area contributed by atoms with Gasteiger partial charge in [-0.15, -0.1) is 13.9 Å². The van der Waals surface area contributed by atoms with Crippen LogP contribution in [0.3, 0.4) is 0 Å². The van der Waals surface area contributed by atoms with Crippen molar-refractivity contribution >= 4 is 24.9 Å². The van der Waals surface area contributed by atoms with Crippen molar-refractivity contribution in [3.05, 3.63) is 72.8 Å². The highest BCUT2D eigenvalue weighted by molar-refractivity contribution is 7.48. The number of phosphoric acid groups is 1. The molecule has 0 aliphatic heterocycles. The van der Waals surface area contributed by atoms with Gasteiger partial charge in [0, 0.05) is 0 Å². The van der Waals surface area contributed by atoms with Gasteiger partial charge in [0.15, 0.2) is 0 Å². The van der Waals surface area contributed by atoms with Crippen LogP contribution in [0.1, 0.15) is 0 Å². The minimum absolute atomic E-state index is 0.212. The Labute approximate surface area is 202 Å². The Hall–Kier alpha value is -3.55. The SMILES string of the molecule is COc1ccccc1N(N)OP(=O)(ON(N)c1ccccc1OC)ON(N)c1ccccc1OC. The first-order valence-electron chi connectivity index (χ1n) is 10.0. The summed E-state index contributed by atoms with van der Waals surface area (Å²) in [6.45, 7) is 0. The highest BCUT2D eigenvalue weighted by Crippen LogP contribution is 2.53. The minimum atomic E-state index is -4.74. The zero-order valence-electron chi connectivity index (χ0n) is 19.3. The maximum Gasteiger partial charge on any atom is 0.543 e. The number of nitrogens with two attached hydrogens (primary N) is 3. The molecule has 13 nitrogen and oxygen atoms in total. The summed E-state index contributed by atoms with van der Waals surface area (Å²) >= 11 is 0. The Kier molecular flexibility index (Phi) is 8.73. The number of methoxy groups -OCH3 is 3. The summed E-state index contributed by atoms with van der Waals surface area (Å²) in [4.78, 5) is 0. The highest BCUT2D eigenvalue weighted by atomic mass is 31.2. The highest BCUT2D eigenvalue weighted by Gasteiger charge is 2.38. The zero-order valence-corrected chi connectivity index (χ0v) is 20.2. The average molecular weight is 506 g/mol. The molecule has 0 unspecified atom stereocenters. The Morgan fingerprint density at radius 3 is 1.06 bits per heavy atom. The number of para-hydroxylation sites is 6. The van der Waals surface area contributed by atoms with E-state index in [-0.39, 0.29) is 17.1 Å². The van der Waals surface area contributed by atoms with E-state index in [0.717, 1.165) is 0 Å². The molecule has 0 aliphatic carbocycles. The molecule has 3 rings (SSSR count). The molecule has 6 N–H and O–H groups in total. The predicted molar refractivity (Wildman–Crippen MR) is 130 cm³/mol. The average Bonchev–Trinajstić information content (AvgIpc) is 2.88. The van der Waals surface area contributed by atoms with Crippen LogP contribution >= 0.6 is 7.82 Å². The molecular formula is C21H27N6O7P. The first-order valence-corrected chi connectivity index (χ1v) is 11.5. The van der Waals surface area contributed by atoms with Crippen LogP contribution < -0.4 is 47.3 Å². The minimum Gasteiger partial charge on any atom is -0.494 e. The second-order valence-corrected chi connectivity index (χ2v) is 8.07. The maximum atomic E-state index is 13.8. The lowest BCUT2D eigenvalue weighted by molar-refractivity contribution is 0.0849. The third-order valence-corrected chi connectivity index (χ3v) is 5.66. The van der Waals surface area contributed by atoms with E-state index < -0.39 is 7.82 Å². The summed E-state index contributed by atoms with van der Waals surface area (Å²) in [6.07, 6.45) is 0. The van der Waals surface area contributed by atoms with Gasteiger partial charge in [0.25, 0.3) is 0 Å². The lowest BCUT2D eigenvalue weighted by atomic mass is 10.3. The molecule has 35 heavy (non-hydrogen) atoms. The van der Waals surface area contributed by atoms with Crippen molar-refractivity contribution in [3.8, 4) is 17.2 Å². The third kappa shape index (κ3) is 6.32.